The predicted octanol–water partition coefficient (Wildman–Crippen LogP) is 0.329. The molecule has 0 aliphatic carbocycles. The normalized spacial score (nSPS) is 31.8. The molecule has 0 aromatic heterocycles. The van der Waals surface area contributed by atoms with E-state index in [4.69, 9.17) is 4.74 Å². The quantitative estimate of drug-likeness (QED) is 0.777. The summed E-state index contributed by atoms with van der Waals surface area (Å²) in [7, 11) is 1.86. The lowest BCUT2D eigenvalue weighted by Crippen LogP contribution is -2.47. The molecule has 2 fully saturated rings. The third-order valence-electron chi connectivity index (χ3n) is 3.20. The molecule has 2 heterocycles. The van der Waals surface area contributed by atoms with Crippen LogP contribution >= 0.6 is 11.8 Å². The minimum atomic E-state index is -0.0195. The van der Waals surface area contributed by atoms with Crippen molar-refractivity contribution in [3.05, 3.63) is 0 Å². The van der Waals surface area contributed by atoms with Crippen LogP contribution in [-0.4, -0.2) is 61.2 Å². The Balaban J connectivity index is 1.92. The molecule has 1 amide bonds. The Kier molecular flexibility index (Phi) is 4.49. The molecular formula is C11H20N2O2S. The number of rotatable bonds is 3. The van der Waals surface area contributed by atoms with E-state index in [-0.39, 0.29) is 18.1 Å². The molecule has 4 nitrogen and oxygen atoms in total. The highest BCUT2D eigenvalue weighted by atomic mass is 32.2. The van der Waals surface area contributed by atoms with Crippen LogP contribution in [0.25, 0.3) is 0 Å². The van der Waals surface area contributed by atoms with E-state index in [2.05, 4.69) is 5.32 Å². The average molecular weight is 244 g/mol. The SMILES string of the molecule is CNC1CSCCN(CC2CCCO2)C1=O. The van der Waals surface area contributed by atoms with Crippen molar-refractivity contribution in [2.75, 3.05) is 38.2 Å². The fraction of sp³-hybridized carbons (Fsp3) is 0.909. The topological polar surface area (TPSA) is 41.6 Å². The summed E-state index contributed by atoms with van der Waals surface area (Å²) in [6, 6.07) is -0.0195. The largest absolute Gasteiger partial charge is 0.376 e. The van der Waals surface area contributed by atoms with E-state index >= 15 is 0 Å². The minimum absolute atomic E-state index is 0.0195. The second kappa shape index (κ2) is 5.89. The third-order valence-corrected chi connectivity index (χ3v) is 4.24. The van der Waals surface area contributed by atoms with Crippen molar-refractivity contribution < 1.29 is 9.53 Å². The van der Waals surface area contributed by atoms with Gasteiger partial charge in [0.1, 0.15) is 0 Å². The number of nitrogens with zero attached hydrogens (tertiary/aromatic N) is 1. The standard InChI is InChI=1S/C11H20N2O2S/c1-12-10-8-16-6-4-13(11(10)14)7-9-3-2-5-15-9/h9-10,12H,2-8H2,1H3. The molecule has 2 atom stereocenters. The van der Waals surface area contributed by atoms with E-state index < -0.39 is 0 Å². The number of carbonyl (C=O) groups is 1. The number of hydrogen-bond donors (Lipinski definition) is 1. The van der Waals surface area contributed by atoms with E-state index in [1.54, 1.807) is 0 Å². The van der Waals surface area contributed by atoms with Crippen LogP contribution in [0.1, 0.15) is 12.8 Å². The molecule has 92 valence electrons. The third kappa shape index (κ3) is 2.90. The number of thioether (sulfide) groups is 1. The Hall–Kier alpha value is -0.260. The van der Waals surface area contributed by atoms with E-state index in [0.29, 0.717) is 0 Å². The molecule has 5 heteroatoms. The van der Waals surface area contributed by atoms with Gasteiger partial charge in [0.2, 0.25) is 5.91 Å². The van der Waals surface area contributed by atoms with Crippen LogP contribution in [-0.2, 0) is 9.53 Å². The van der Waals surface area contributed by atoms with Gasteiger partial charge in [0, 0.05) is 31.2 Å². The monoisotopic (exact) mass is 244 g/mol. The zero-order valence-corrected chi connectivity index (χ0v) is 10.6. The number of likely N-dealkylation sites (N-methyl/N-ethyl adjacent to an activating group) is 1. The number of nitrogens with one attached hydrogen (secondary N) is 1. The van der Waals surface area contributed by atoms with E-state index in [1.807, 2.05) is 23.7 Å². The summed E-state index contributed by atoms with van der Waals surface area (Å²) in [5.41, 5.74) is 0. The van der Waals surface area contributed by atoms with Gasteiger partial charge in [0.15, 0.2) is 0 Å². The first kappa shape index (κ1) is 12.2. The number of amides is 1. The van der Waals surface area contributed by atoms with Crippen LogP contribution in [0, 0.1) is 0 Å². The van der Waals surface area contributed by atoms with Crippen molar-refractivity contribution >= 4 is 17.7 Å². The lowest BCUT2D eigenvalue weighted by Gasteiger charge is -2.26. The molecule has 0 spiro atoms. The summed E-state index contributed by atoms with van der Waals surface area (Å²) in [5, 5.41) is 3.10. The van der Waals surface area contributed by atoms with Gasteiger partial charge in [0.25, 0.3) is 0 Å². The molecule has 2 rings (SSSR count). The molecule has 2 aliphatic rings. The highest BCUT2D eigenvalue weighted by Crippen LogP contribution is 2.17. The van der Waals surface area contributed by atoms with Crippen molar-refractivity contribution in [2.45, 2.75) is 25.0 Å². The summed E-state index contributed by atoms with van der Waals surface area (Å²) >= 11 is 1.85. The molecule has 16 heavy (non-hydrogen) atoms. The first-order valence-corrected chi connectivity index (χ1v) is 7.12. The lowest BCUT2D eigenvalue weighted by atomic mass is 10.2. The molecule has 0 aromatic carbocycles. The smallest absolute Gasteiger partial charge is 0.240 e. The van der Waals surface area contributed by atoms with Gasteiger partial charge in [-0.3, -0.25) is 4.79 Å². The van der Waals surface area contributed by atoms with Gasteiger partial charge in [-0.25, -0.2) is 0 Å². The number of carbonyl (C=O) groups excluding carboxylic acids is 1. The maximum atomic E-state index is 12.2. The Bertz CT molecular complexity index is 244. The maximum absolute atomic E-state index is 12.2. The van der Waals surface area contributed by atoms with E-state index in [1.165, 1.54) is 0 Å². The van der Waals surface area contributed by atoms with Gasteiger partial charge >= 0.3 is 0 Å². The number of hydrogen-bond acceptors (Lipinski definition) is 4. The van der Waals surface area contributed by atoms with Crippen molar-refractivity contribution in [1.29, 1.82) is 0 Å². The zero-order valence-electron chi connectivity index (χ0n) is 9.78. The van der Waals surface area contributed by atoms with Crippen LogP contribution in [0.2, 0.25) is 0 Å². The van der Waals surface area contributed by atoms with Gasteiger partial charge < -0.3 is 15.0 Å². The number of ether oxygens (including phenoxy) is 1. The molecular weight excluding hydrogens is 224 g/mol. The molecule has 0 aromatic rings. The highest BCUT2D eigenvalue weighted by molar-refractivity contribution is 7.99. The first-order valence-electron chi connectivity index (χ1n) is 5.96. The van der Waals surface area contributed by atoms with E-state index in [9.17, 15) is 4.79 Å². The molecule has 2 unspecified atom stereocenters. The van der Waals surface area contributed by atoms with Crippen LogP contribution in [0.15, 0.2) is 0 Å². The Morgan fingerprint density at radius 3 is 3.19 bits per heavy atom. The predicted molar refractivity (Wildman–Crippen MR) is 65.7 cm³/mol. The van der Waals surface area contributed by atoms with Crippen LogP contribution in [0.4, 0.5) is 0 Å². The minimum Gasteiger partial charge on any atom is -0.376 e. The summed E-state index contributed by atoms with van der Waals surface area (Å²) in [6.45, 7) is 2.50. The maximum Gasteiger partial charge on any atom is 0.240 e. The summed E-state index contributed by atoms with van der Waals surface area (Å²) < 4.78 is 5.59. The fourth-order valence-electron chi connectivity index (χ4n) is 2.20. The van der Waals surface area contributed by atoms with Crippen molar-refractivity contribution in [2.24, 2.45) is 0 Å². The summed E-state index contributed by atoms with van der Waals surface area (Å²) in [5.74, 6) is 2.16. The molecule has 0 bridgehead atoms. The van der Waals surface area contributed by atoms with Gasteiger partial charge in [-0.1, -0.05) is 0 Å². The van der Waals surface area contributed by atoms with Gasteiger partial charge in [0.05, 0.1) is 12.1 Å². The van der Waals surface area contributed by atoms with Gasteiger partial charge in [-0.05, 0) is 19.9 Å². The van der Waals surface area contributed by atoms with Gasteiger partial charge in [-0.2, -0.15) is 11.8 Å². The Morgan fingerprint density at radius 2 is 2.50 bits per heavy atom. The Morgan fingerprint density at radius 1 is 1.62 bits per heavy atom. The van der Waals surface area contributed by atoms with Crippen LogP contribution < -0.4 is 5.32 Å². The first-order chi connectivity index (χ1) is 7.81. The molecule has 2 aliphatic heterocycles. The molecule has 0 saturated carbocycles. The van der Waals surface area contributed by atoms with Crippen LogP contribution in [0.3, 0.4) is 0 Å². The molecule has 0 radical (unpaired) electrons. The second-order valence-corrected chi connectivity index (χ2v) is 5.49. The summed E-state index contributed by atoms with van der Waals surface area (Å²) in [4.78, 5) is 14.1. The second-order valence-electron chi connectivity index (χ2n) is 4.34. The zero-order chi connectivity index (χ0) is 11.4. The molecule has 2 saturated heterocycles. The van der Waals surface area contributed by atoms with E-state index in [0.717, 1.165) is 44.0 Å². The van der Waals surface area contributed by atoms with Crippen LogP contribution in [0.5, 0.6) is 0 Å². The lowest BCUT2D eigenvalue weighted by molar-refractivity contribution is -0.133. The fourth-order valence-corrected chi connectivity index (χ4v) is 3.26. The highest BCUT2D eigenvalue weighted by Gasteiger charge is 2.28. The van der Waals surface area contributed by atoms with Crippen molar-refractivity contribution in [3.63, 3.8) is 0 Å². The average Bonchev–Trinajstić information content (AvgIpc) is 2.73. The van der Waals surface area contributed by atoms with Crippen molar-refractivity contribution in [3.8, 4) is 0 Å². The van der Waals surface area contributed by atoms with Crippen molar-refractivity contribution in [1.82, 2.24) is 10.2 Å². The summed E-state index contributed by atoms with van der Waals surface area (Å²) in [6.07, 6.45) is 2.50. The van der Waals surface area contributed by atoms with Gasteiger partial charge in [-0.15, -0.1) is 0 Å². The Labute approximate surface area is 101 Å². The molecule has 1 N–H and O–H groups in total.